The van der Waals surface area contributed by atoms with Gasteiger partial charge >= 0.3 is 11.9 Å². The first-order chi connectivity index (χ1) is 26.0. The Kier molecular flexibility index (Phi) is 9.76. The van der Waals surface area contributed by atoms with Crippen LogP contribution in [0.25, 0.3) is 64.6 Å². The number of esters is 2. The first-order valence-electron chi connectivity index (χ1n) is 15.9. The van der Waals surface area contributed by atoms with E-state index in [0.29, 0.717) is 87.6 Å². The molecular formula is C38H30Cl4O12. The quantitative estimate of drug-likeness (QED) is 0.0506. The molecule has 282 valence electrons. The second kappa shape index (κ2) is 14.1. The molecule has 0 radical (unpaired) electrons. The van der Waals surface area contributed by atoms with Crippen molar-refractivity contribution >= 4 is 123 Å². The smallest absolute Gasteiger partial charge is 0.344 e. The minimum atomic E-state index is -1.46. The van der Waals surface area contributed by atoms with E-state index >= 15 is 0 Å². The van der Waals surface area contributed by atoms with Gasteiger partial charge in [0, 0.05) is 43.1 Å². The van der Waals surface area contributed by atoms with Crippen molar-refractivity contribution in [2.45, 2.75) is 9.67 Å². The Morgan fingerprint density at radius 3 is 0.926 bits per heavy atom. The summed E-state index contributed by atoms with van der Waals surface area (Å²) in [4.78, 5) is 22.5. The predicted octanol–water partition coefficient (Wildman–Crippen LogP) is 8.97. The van der Waals surface area contributed by atoms with Gasteiger partial charge in [0.2, 0.25) is 21.2 Å². The molecule has 7 aromatic rings. The van der Waals surface area contributed by atoms with E-state index in [1.807, 2.05) is 0 Å². The highest BCUT2D eigenvalue weighted by Crippen LogP contribution is 2.64. The van der Waals surface area contributed by atoms with Crippen LogP contribution in [0.15, 0.2) is 24.3 Å². The summed E-state index contributed by atoms with van der Waals surface area (Å²) in [6, 6.07) is 6.75. The average Bonchev–Trinajstić information content (AvgIpc) is 3.67. The number of alkyl halides is 4. The molecule has 0 amide bonds. The largest absolute Gasteiger partial charge is 0.493 e. The maximum Gasteiger partial charge on any atom is 0.344 e. The Morgan fingerprint density at radius 1 is 0.370 bits per heavy atom. The maximum absolute atomic E-state index is 12.7. The number of fused-ring (bicyclic) bond motifs is 8. The van der Waals surface area contributed by atoms with Gasteiger partial charge in [0.15, 0.2) is 46.0 Å². The zero-order valence-electron chi connectivity index (χ0n) is 29.9. The summed E-state index contributed by atoms with van der Waals surface area (Å²) in [5.74, 6) is 0.623. The summed E-state index contributed by atoms with van der Waals surface area (Å²) >= 11 is 23.6. The normalized spacial score (nSPS) is 11.8. The van der Waals surface area contributed by atoms with E-state index in [1.165, 1.54) is 56.9 Å². The monoisotopic (exact) mass is 818 g/mol. The molecule has 0 aromatic heterocycles. The van der Waals surface area contributed by atoms with Crippen LogP contribution >= 0.6 is 46.4 Å². The third-order valence-electron chi connectivity index (χ3n) is 9.42. The van der Waals surface area contributed by atoms with Gasteiger partial charge in [0.25, 0.3) is 0 Å². The number of rotatable bonds is 12. The molecule has 0 N–H and O–H groups in total. The lowest BCUT2D eigenvalue weighted by molar-refractivity contribution is -0.133. The number of benzene rings is 5. The average molecular weight is 820 g/mol. The van der Waals surface area contributed by atoms with Crippen molar-refractivity contribution in [1.29, 1.82) is 0 Å². The van der Waals surface area contributed by atoms with Gasteiger partial charge in [-0.2, -0.15) is 0 Å². The third-order valence-corrected chi connectivity index (χ3v) is 10.1. The maximum atomic E-state index is 12.7. The van der Waals surface area contributed by atoms with E-state index < -0.39 is 21.6 Å². The van der Waals surface area contributed by atoms with E-state index in [9.17, 15) is 9.59 Å². The van der Waals surface area contributed by atoms with E-state index in [0.717, 1.165) is 0 Å². The van der Waals surface area contributed by atoms with Gasteiger partial charge in [-0.3, -0.25) is 0 Å². The third kappa shape index (κ3) is 5.18. The molecule has 16 heteroatoms. The number of hydrogen-bond donors (Lipinski definition) is 0. The first kappa shape index (κ1) is 37.4. The number of carbonyl (C=O) groups is 2. The SMILES string of the molecule is COc1cc2c(cc1OC(=O)C(Cl)Cl)c1c3c(OC)c(OC)c(OC)c4c5cc(OC)c(OC(=O)C(Cl)Cl)cc5c(c5c(OC)c(OC)c(OC)c2c51)c43. The molecule has 0 unspecified atom stereocenters. The van der Waals surface area contributed by atoms with Gasteiger partial charge in [-0.1, -0.05) is 46.4 Å². The molecule has 0 spiro atoms. The number of ether oxygens (including phenoxy) is 10. The summed E-state index contributed by atoms with van der Waals surface area (Å²) < 4.78 is 59.3. The van der Waals surface area contributed by atoms with E-state index in [-0.39, 0.29) is 34.5 Å². The second-order valence-corrected chi connectivity index (χ2v) is 13.9. The van der Waals surface area contributed by atoms with Crippen molar-refractivity contribution in [1.82, 2.24) is 0 Å². The molecule has 0 atom stereocenters. The highest BCUT2D eigenvalue weighted by atomic mass is 35.5. The van der Waals surface area contributed by atoms with Gasteiger partial charge in [-0.25, -0.2) is 9.59 Å². The van der Waals surface area contributed by atoms with Gasteiger partial charge in [-0.15, -0.1) is 0 Å². The van der Waals surface area contributed by atoms with Crippen molar-refractivity contribution in [2.75, 3.05) is 56.9 Å². The Morgan fingerprint density at radius 2 is 0.648 bits per heavy atom. The molecule has 7 aromatic carbocycles. The van der Waals surface area contributed by atoms with Crippen LogP contribution in [0.1, 0.15) is 0 Å². The lowest BCUT2D eigenvalue weighted by atomic mass is 9.92. The molecule has 54 heavy (non-hydrogen) atoms. The van der Waals surface area contributed by atoms with Gasteiger partial charge < -0.3 is 47.4 Å². The zero-order chi connectivity index (χ0) is 38.9. The lowest BCUT2D eigenvalue weighted by Crippen LogP contribution is -2.16. The Labute approximate surface area is 327 Å². The van der Waals surface area contributed by atoms with Gasteiger partial charge in [0.1, 0.15) is 0 Å². The van der Waals surface area contributed by atoms with E-state index in [4.69, 9.17) is 93.8 Å². The number of carbonyl (C=O) groups excluding carboxylic acids is 2. The molecule has 0 aliphatic rings. The molecule has 0 bridgehead atoms. The van der Waals surface area contributed by atoms with Gasteiger partial charge in [0.05, 0.1) is 56.9 Å². The predicted molar refractivity (Wildman–Crippen MR) is 209 cm³/mol. The van der Waals surface area contributed by atoms with Crippen LogP contribution in [0.3, 0.4) is 0 Å². The molecule has 0 heterocycles. The fourth-order valence-corrected chi connectivity index (χ4v) is 7.70. The fraction of sp³-hybridized carbons (Fsp3) is 0.263. The highest BCUT2D eigenvalue weighted by molar-refractivity contribution is 6.54. The van der Waals surface area contributed by atoms with Crippen LogP contribution < -0.4 is 47.4 Å². The molecule has 0 saturated carbocycles. The van der Waals surface area contributed by atoms with E-state index in [1.54, 1.807) is 24.3 Å². The fourth-order valence-electron chi connectivity index (χ4n) is 7.53. The highest BCUT2D eigenvalue weighted by Gasteiger charge is 2.36. The summed E-state index contributed by atoms with van der Waals surface area (Å²) in [6.45, 7) is 0. The summed E-state index contributed by atoms with van der Waals surface area (Å²) in [6.07, 6.45) is 0. The Bertz CT molecular complexity index is 2480. The van der Waals surface area contributed by atoms with Crippen molar-refractivity contribution < 1.29 is 57.0 Å². The Balaban J connectivity index is 1.88. The summed E-state index contributed by atoms with van der Waals surface area (Å²) in [5.41, 5.74) is 0. The van der Waals surface area contributed by atoms with Crippen LogP contribution in [0.2, 0.25) is 0 Å². The molecule has 7 rings (SSSR count). The number of methoxy groups -OCH3 is 8. The lowest BCUT2D eigenvalue weighted by Gasteiger charge is -2.20. The molecular weight excluding hydrogens is 790 g/mol. The van der Waals surface area contributed by atoms with Crippen molar-refractivity contribution in [3.63, 3.8) is 0 Å². The van der Waals surface area contributed by atoms with Crippen LogP contribution in [0.4, 0.5) is 0 Å². The molecule has 0 saturated heterocycles. The standard InChI is InChI=1S/C38H30Cl4O12/c1-45-17-9-15-13(11-19(17)53-37(43)35(39)40)21-25-23(15)29(47-3)33(51-7)32(50-6)28(25)22-14-12-20(54-38(44)36(41)42)18(46-2)10-16(14)24-26(22)27(21)31(49-5)34(52-8)30(24)48-4/h9-12,35-36H,1-8H3. The first-order valence-corrected chi connectivity index (χ1v) is 17.6. The molecule has 12 nitrogen and oxygen atoms in total. The Hall–Kier alpha value is -4.88. The topological polar surface area (TPSA) is 126 Å². The van der Waals surface area contributed by atoms with Crippen LogP contribution in [0.5, 0.6) is 57.5 Å². The van der Waals surface area contributed by atoms with Crippen molar-refractivity contribution in [3.05, 3.63) is 24.3 Å². The van der Waals surface area contributed by atoms with E-state index in [2.05, 4.69) is 0 Å². The minimum Gasteiger partial charge on any atom is -0.493 e. The van der Waals surface area contributed by atoms with Crippen LogP contribution in [0, 0.1) is 0 Å². The zero-order valence-corrected chi connectivity index (χ0v) is 32.9. The van der Waals surface area contributed by atoms with Crippen molar-refractivity contribution in [3.8, 4) is 57.5 Å². The van der Waals surface area contributed by atoms with Crippen molar-refractivity contribution in [2.24, 2.45) is 0 Å². The molecule has 0 aliphatic heterocycles. The second-order valence-electron chi connectivity index (χ2n) is 11.7. The number of hydrogen-bond acceptors (Lipinski definition) is 12. The molecule has 0 aliphatic carbocycles. The summed E-state index contributed by atoms with van der Waals surface area (Å²) in [5, 5.41) is 7.43. The van der Waals surface area contributed by atoms with Gasteiger partial charge in [-0.05, 0) is 45.8 Å². The van der Waals surface area contributed by atoms with Crippen LogP contribution in [-0.2, 0) is 9.59 Å². The van der Waals surface area contributed by atoms with Crippen LogP contribution in [-0.4, -0.2) is 78.5 Å². The molecule has 0 fully saturated rings. The minimum absolute atomic E-state index is 0.0505. The summed E-state index contributed by atoms with van der Waals surface area (Å²) in [7, 11) is 11.9. The number of halogens is 4.